The predicted octanol–water partition coefficient (Wildman–Crippen LogP) is 3.48. The first kappa shape index (κ1) is 21.6. The Bertz CT molecular complexity index is 1090. The topological polar surface area (TPSA) is 97.6 Å². The lowest BCUT2D eigenvalue weighted by Gasteiger charge is -2.29. The lowest BCUT2D eigenvalue weighted by molar-refractivity contribution is -0.117. The number of ether oxygens (including phenoxy) is 1. The van der Waals surface area contributed by atoms with E-state index in [1.165, 1.54) is 19.2 Å². The number of nitrogens with zero attached hydrogens (tertiary/aromatic N) is 3. The molecule has 32 heavy (non-hydrogen) atoms. The molecule has 1 fully saturated rings. The van der Waals surface area contributed by atoms with E-state index in [-0.39, 0.29) is 24.2 Å². The van der Waals surface area contributed by atoms with Gasteiger partial charge in [0.05, 0.1) is 19.2 Å². The summed E-state index contributed by atoms with van der Waals surface area (Å²) in [5, 5.41) is 6.82. The minimum Gasteiger partial charge on any atom is -0.465 e. The number of anilines is 1. The summed E-state index contributed by atoms with van der Waals surface area (Å²) in [4.78, 5) is 30.4. The largest absolute Gasteiger partial charge is 0.465 e. The van der Waals surface area contributed by atoms with Gasteiger partial charge < -0.3 is 14.6 Å². The zero-order valence-electron chi connectivity index (χ0n) is 17.6. The molecule has 0 saturated carbocycles. The van der Waals surface area contributed by atoms with Crippen LogP contribution in [0.15, 0.2) is 53.1 Å². The average molecular weight is 438 g/mol. The Balaban J connectivity index is 1.27. The summed E-state index contributed by atoms with van der Waals surface area (Å²) in [6.45, 7) is 1.71. The molecule has 1 aliphatic heterocycles. The second-order valence-corrected chi connectivity index (χ2v) is 7.63. The lowest BCUT2D eigenvalue weighted by atomic mass is 9.97. The molecule has 2 heterocycles. The molecule has 0 bridgehead atoms. The molecule has 166 valence electrons. The van der Waals surface area contributed by atoms with Gasteiger partial charge in [-0.3, -0.25) is 9.69 Å². The van der Waals surface area contributed by atoms with Crippen molar-refractivity contribution in [3.05, 3.63) is 65.8 Å². The Morgan fingerprint density at radius 2 is 1.94 bits per heavy atom. The van der Waals surface area contributed by atoms with Gasteiger partial charge in [0.2, 0.25) is 17.6 Å². The monoisotopic (exact) mass is 438 g/mol. The number of benzene rings is 2. The third-order valence-corrected chi connectivity index (χ3v) is 5.42. The molecular weight excluding hydrogens is 415 g/mol. The van der Waals surface area contributed by atoms with E-state index in [4.69, 9.17) is 4.52 Å². The Morgan fingerprint density at radius 3 is 2.62 bits per heavy atom. The van der Waals surface area contributed by atoms with E-state index in [0.717, 1.165) is 25.9 Å². The fourth-order valence-corrected chi connectivity index (χ4v) is 3.69. The number of nitrogens with one attached hydrogen (secondary N) is 1. The molecule has 8 nitrogen and oxygen atoms in total. The van der Waals surface area contributed by atoms with Gasteiger partial charge in [0, 0.05) is 17.2 Å². The van der Waals surface area contributed by atoms with E-state index in [2.05, 4.69) is 25.1 Å². The van der Waals surface area contributed by atoms with Crippen LogP contribution in [0.2, 0.25) is 0 Å². The molecule has 4 rings (SSSR count). The molecule has 9 heteroatoms. The first-order chi connectivity index (χ1) is 15.5. The van der Waals surface area contributed by atoms with E-state index in [1.54, 1.807) is 36.4 Å². The predicted molar refractivity (Wildman–Crippen MR) is 115 cm³/mol. The van der Waals surface area contributed by atoms with Gasteiger partial charge in [-0.25, -0.2) is 9.18 Å². The molecule has 1 saturated heterocycles. The molecule has 1 aliphatic rings. The molecule has 2 aromatic carbocycles. The molecule has 0 atom stereocenters. The van der Waals surface area contributed by atoms with E-state index >= 15 is 0 Å². The summed E-state index contributed by atoms with van der Waals surface area (Å²) >= 11 is 0. The first-order valence-electron chi connectivity index (χ1n) is 10.3. The number of carbonyl (C=O) groups is 2. The van der Waals surface area contributed by atoms with Gasteiger partial charge in [0.1, 0.15) is 5.82 Å². The third-order valence-electron chi connectivity index (χ3n) is 5.42. The van der Waals surface area contributed by atoms with Crippen LogP contribution in [0.3, 0.4) is 0 Å². The summed E-state index contributed by atoms with van der Waals surface area (Å²) in [5.41, 5.74) is 1.62. The van der Waals surface area contributed by atoms with Gasteiger partial charge in [-0.15, -0.1) is 0 Å². The van der Waals surface area contributed by atoms with Gasteiger partial charge in [-0.05, 0) is 62.3 Å². The number of methoxy groups -OCH3 is 1. The Hall–Kier alpha value is -3.59. The van der Waals surface area contributed by atoms with Crippen LogP contribution >= 0.6 is 0 Å². The number of halogens is 1. The maximum absolute atomic E-state index is 13.4. The zero-order chi connectivity index (χ0) is 22.5. The number of hydrogen-bond acceptors (Lipinski definition) is 7. The number of carbonyl (C=O) groups excluding carboxylic acids is 2. The number of esters is 1. The van der Waals surface area contributed by atoms with Crippen molar-refractivity contribution in [3.63, 3.8) is 0 Å². The highest BCUT2D eigenvalue weighted by molar-refractivity contribution is 5.94. The van der Waals surface area contributed by atoms with Crippen LogP contribution in [-0.2, 0) is 9.53 Å². The van der Waals surface area contributed by atoms with Crippen molar-refractivity contribution in [2.45, 2.75) is 18.8 Å². The second-order valence-electron chi connectivity index (χ2n) is 7.63. The summed E-state index contributed by atoms with van der Waals surface area (Å²) in [5.74, 6) is 0.129. The van der Waals surface area contributed by atoms with Crippen LogP contribution in [-0.4, -0.2) is 53.7 Å². The highest BCUT2D eigenvalue weighted by Gasteiger charge is 2.26. The fraction of sp³-hybridized carbons (Fsp3) is 0.304. The van der Waals surface area contributed by atoms with Gasteiger partial charge in [-0.2, -0.15) is 4.98 Å². The van der Waals surface area contributed by atoms with Crippen LogP contribution in [0.1, 0.15) is 35.0 Å². The SMILES string of the molecule is COC(=O)c1ccc(NC(=O)CN2CCC(c3nc(-c4cccc(F)c4)no3)CC2)cc1. The maximum atomic E-state index is 13.4. The van der Waals surface area contributed by atoms with E-state index in [1.807, 2.05) is 0 Å². The molecule has 0 radical (unpaired) electrons. The number of hydrogen-bond donors (Lipinski definition) is 1. The minimum atomic E-state index is -0.421. The standard InChI is InChI=1S/C23H23FN4O4/c1-31-23(30)16-5-7-19(8-6-16)25-20(29)14-28-11-9-15(10-12-28)22-26-21(27-32-22)17-3-2-4-18(24)13-17/h2-8,13,15H,9-12,14H2,1H3,(H,25,29). The zero-order valence-corrected chi connectivity index (χ0v) is 17.6. The Kier molecular flexibility index (Phi) is 6.55. The van der Waals surface area contributed by atoms with E-state index < -0.39 is 5.97 Å². The second kappa shape index (κ2) is 9.69. The van der Waals surface area contributed by atoms with Crippen molar-refractivity contribution in [2.75, 3.05) is 32.1 Å². The van der Waals surface area contributed by atoms with Crippen molar-refractivity contribution in [3.8, 4) is 11.4 Å². The van der Waals surface area contributed by atoms with E-state index in [9.17, 15) is 14.0 Å². The summed E-state index contributed by atoms with van der Waals surface area (Å²) in [7, 11) is 1.32. The summed E-state index contributed by atoms with van der Waals surface area (Å²) in [6, 6.07) is 12.6. The minimum absolute atomic E-state index is 0.106. The van der Waals surface area contributed by atoms with Crippen LogP contribution in [0.4, 0.5) is 10.1 Å². The van der Waals surface area contributed by atoms with Crippen molar-refractivity contribution in [2.24, 2.45) is 0 Å². The van der Waals surface area contributed by atoms with Gasteiger partial charge in [-0.1, -0.05) is 17.3 Å². The lowest BCUT2D eigenvalue weighted by Crippen LogP contribution is -2.38. The Morgan fingerprint density at radius 1 is 1.19 bits per heavy atom. The summed E-state index contributed by atoms with van der Waals surface area (Å²) in [6.07, 6.45) is 1.57. The fourth-order valence-electron chi connectivity index (χ4n) is 3.69. The smallest absolute Gasteiger partial charge is 0.337 e. The number of amides is 1. The molecule has 1 aromatic heterocycles. The highest BCUT2D eigenvalue weighted by atomic mass is 19.1. The first-order valence-corrected chi connectivity index (χ1v) is 10.3. The molecular formula is C23H23FN4O4. The van der Waals surface area contributed by atoms with Crippen molar-refractivity contribution in [1.82, 2.24) is 15.0 Å². The molecule has 0 unspecified atom stereocenters. The molecule has 1 amide bonds. The van der Waals surface area contributed by atoms with Gasteiger partial charge in [0.15, 0.2) is 0 Å². The van der Waals surface area contributed by atoms with Gasteiger partial charge >= 0.3 is 5.97 Å². The van der Waals surface area contributed by atoms with Crippen molar-refractivity contribution < 1.29 is 23.2 Å². The molecule has 1 N–H and O–H groups in total. The van der Waals surface area contributed by atoms with Crippen molar-refractivity contribution >= 4 is 17.6 Å². The Labute approximate surface area is 184 Å². The maximum Gasteiger partial charge on any atom is 0.337 e. The molecule has 3 aromatic rings. The number of rotatable bonds is 6. The van der Waals surface area contributed by atoms with Crippen LogP contribution in [0, 0.1) is 5.82 Å². The number of aromatic nitrogens is 2. The third kappa shape index (κ3) is 5.17. The van der Waals surface area contributed by atoms with E-state index in [0.29, 0.717) is 28.5 Å². The van der Waals surface area contributed by atoms with Crippen molar-refractivity contribution in [1.29, 1.82) is 0 Å². The number of likely N-dealkylation sites (tertiary alicyclic amines) is 1. The van der Waals surface area contributed by atoms with Crippen LogP contribution in [0.25, 0.3) is 11.4 Å². The highest BCUT2D eigenvalue weighted by Crippen LogP contribution is 2.28. The van der Waals surface area contributed by atoms with Crippen LogP contribution < -0.4 is 5.32 Å². The summed E-state index contributed by atoms with van der Waals surface area (Å²) < 4.78 is 23.5. The number of piperidine rings is 1. The van der Waals surface area contributed by atoms with Crippen LogP contribution in [0.5, 0.6) is 0 Å². The van der Waals surface area contributed by atoms with Gasteiger partial charge in [0.25, 0.3) is 0 Å². The molecule has 0 aliphatic carbocycles. The molecule has 0 spiro atoms. The quantitative estimate of drug-likeness (QED) is 0.589. The average Bonchev–Trinajstić information content (AvgIpc) is 3.30. The normalized spacial score (nSPS) is 14.8.